The van der Waals surface area contributed by atoms with E-state index >= 15 is 0 Å². The Morgan fingerprint density at radius 1 is 1.32 bits per heavy atom. The third-order valence-electron chi connectivity index (χ3n) is 3.06. The molecule has 124 valence electrons. The molecule has 0 bridgehead atoms. The highest BCUT2D eigenvalue weighted by Crippen LogP contribution is 2.08. The molecule has 1 rings (SSSR count). The van der Waals surface area contributed by atoms with Crippen LogP contribution >= 0.6 is 0 Å². The van der Waals surface area contributed by atoms with Crippen LogP contribution in [-0.2, 0) is 4.74 Å². The Hall–Kier alpha value is -1.98. The van der Waals surface area contributed by atoms with Crippen molar-refractivity contribution in [3.8, 4) is 0 Å². The molecule has 1 heterocycles. The number of aromatic amines is 1. The summed E-state index contributed by atoms with van der Waals surface area (Å²) in [4.78, 5) is 26.4. The summed E-state index contributed by atoms with van der Waals surface area (Å²) in [5.41, 5.74) is 1.11. The van der Waals surface area contributed by atoms with E-state index < -0.39 is 11.7 Å². The minimum absolute atomic E-state index is 0.0437. The van der Waals surface area contributed by atoms with Crippen LogP contribution in [0, 0.1) is 6.92 Å². The molecule has 6 heteroatoms. The lowest BCUT2D eigenvalue weighted by atomic mass is 10.1. The maximum Gasteiger partial charge on any atom is 0.407 e. The summed E-state index contributed by atoms with van der Waals surface area (Å²) in [6, 6.07) is 0.0437. The van der Waals surface area contributed by atoms with Crippen LogP contribution in [0.15, 0.2) is 12.4 Å². The second-order valence-electron chi connectivity index (χ2n) is 6.50. The molecule has 0 radical (unpaired) electrons. The average Bonchev–Trinajstić information content (AvgIpc) is 2.79. The monoisotopic (exact) mass is 309 g/mol. The molecular formula is C16H27N3O3. The van der Waals surface area contributed by atoms with E-state index in [1.165, 1.54) is 0 Å². The smallest absolute Gasteiger partial charge is 0.407 e. The Labute approximate surface area is 132 Å². The van der Waals surface area contributed by atoms with Gasteiger partial charge in [-0.15, -0.1) is 0 Å². The molecule has 2 amide bonds. The minimum Gasteiger partial charge on any atom is -0.444 e. The first-order chi connectivity index (χ1) is 10.2. The molecule has 0 aliphatic carbocycles. The van der Waals surface area contributed by atoms with Gasteiger partial charge in [-0.2, -0.15) is 0 Å². The van der Waals surface area contributed by atoms with Gasteiger partial charge < -0.3 is 20.4 Å². The van der Waals surface area contributed by atoms with Gasteiger partial charge in [-0.1, -0.05) is 0 Å². The number of carbonyl (C=O) groups excluding carboxylic acids is 2. The van der Waals surface area contributed by atoms with Crippen molar-refractivity contribution in [1.29, 1.82) is 0 Å². The SMILES string of the molecule is Cc1c[nH]cc1C(=O)N[C@@H](C)CCCNC(=O)OC(C)(C)C. The van der Waals surface area contributed by atoms with Gasteiger partial charge in [0.25, 0.3) is 5.91 Å². The van der Waals surface area contributed by atoms with Crippen LogP contribution in [0.3, 0.4) is 0 Å². The van der Waals surface area contributed by atoms with Crippen molar-refractivity contribution >= 4 is 12.0 Å². The molecule has 1 aromatic heterocycles. The van der Waals surface area contributed by atoms with Crippen molar-refractivity contribution < 1.29 is 14.3 Å². The molecule has 1 atom stereocenters. The van der Waals surface area contributed by atoms with Crippen LogP contribution in [0.4, 0.5) is 4.79 Å². The topological polar surface area (TPSA) is 83.2 Å². The molecule has 0 fully saturated rings. The van der Waals surface area contributed by atoms with Crippen LogP contribution in [0.5, 0.6) is 0 Å². The molecule has 0 saturated heterocycles. The highest BCUT2D eigenvalue weighted by Gasteiger charge is 2.16. The molecular weight excluding hydrogens is 282 g/mol. The summed E-state index contributed by atoms with van der Waals surface area (Å²) in [7, 11) is 0. The van der Waals surface area contributed by atoms with E-state index in [-0.39, 0.29) is 11.9 Å². The first kappa shape index (κ1) is 18.1. The zero-order valence-electron chi connectivity index (χ0n) is 14.1. The third kappa shape index (κ3) is 6.65. The van der Waals surface area contributed by atoms with Gasteiger partial charge in [-0.3, -0.25) is 4.79 Å². The van der Waals surface area contributed by atoms with Crippen LogP contribution in [0.2, 0.25) is 0 Å². The molecule has 0 aromatic carbocycles. The predicted molar refractivity (Wildman–Crippen MR) is 85.9 cm³/mol. The maximum atomic E-state index is 12.0. The molecule has 1 aromatic rings. The van der Waals surface area contributed by atoms with Crippen LogP contribution < -0.4 is 10.6 Å². The number of carbonyl (C=O) groups is 2. The molecule has 0 aliphatic rings. The Kier molecular flexibility index (Phi) is 6.46. The van der Waals surface area contributed by atoms with Crippen molar-refractivity contribution in [2.24, 2.45) is 0 Å². The zero-order chi connectivity index (χ0) is 16.8. The molecule has 0 spiro atoms. The normalized spacial score (nSPS) is 12.6. The summed E-state index contributed by atoms with van der Waals surface area (Å²) < 4.78 is 5.15. The van der Waals surface area contributed by atoms with Crippen LogP contribution in [0.1, 0.15) is 56.5 Å². The largest absolute Gasteiger partial charge is 0.444 e. The second-order valence-corrected chi connectivity index (χ2v) is 6.50. The van der Waals surface area contributed by atoms with E-state index in [9.17, 15) is 9.59 Å². The number of ether oxygens (including phenoxy) is 1. The fourth-order valence-electron chi connectivity index (χ4n) is 1.97. The van der Waals surface area contributed by atoms with E-state index in [1.807, 2.05) is 34.6 Å². The second kappa shape index (κ2) is 7.87. The zero-order valence-corrected chi connectivity index (χ0v) is 14.1. The van der Waals surface area contributed by atoms with Gasteiger partial charge in [0.05, 0.1) is 5.56 Å². The summed E-state index contributed by atoms with van der Waals surface area (Å²) in [5.74, 6) is -0.0775. The van der Waals surface area contributed by atoms with Crippen molar-refractivity contribution in [3.63, 3.8) is 0 Å². The lowest BCUT2D eigenvalue weighted by Crippen LogP contribution is -2.35. The van der Waals surface area contributed by atoms with E-state index in [0.717, 1.165) is 18.4 Å². The molecule has 0 saturated carbocycles. The number of hydrogen-bond acceptors (Lipinski definition) is 3. The first-order valence-electron chi connectivity index (χ1n) is 7.60. The number of nitrogens with one attached hydrogen (secondary N) is 3. The van der Waals surface area contributed by atoms with Crippen molar-refractivity contribution in [2.75, 3.05) is 6.54 Å². The Bertz CT molecular complexity index is 503. The van der Waals surface area contributed by atoms with E-state index in [4.69, 9.17) is 4.74 Å². The molecule has 0 aliphatic heterocycles. The van der Waals surface area contributed by atoms with Gasteiger partial charge in [0.2, 0.25) is 0 Å². The number of aromatic nitrogens is 1. The lowest BCUT2D eigenvalue weighted by Gasteiger charge is -2.20. The van der Waals surface area contributed by atoms with E-state index in [1.54, 1.807) is 12.4 Å². The lowest BCUT2D eigenvalue weighted by molar-refractivity contribution is 0.0526. The molecule has 0 unspecified atom stereocenters. The van der Waals surface area contributed by atoms with Crippen LogP contribution in [-0.4, -0.2) is 35.2 Å². The van der Waals surface area contributed by atoms with Gasteiger partial charge >= 0.3 is 6.09 Å². The summed E-state index contributed by atoms with van der Waals surface area (Å²) in [6.45, 7) is 9.85. The van der Waals surface area contributed by atoms with Gasteiger partial charge in [0, 0.05) is 25.0 Å². The summed E-state index contributed by atoms with van der Waals surface area (Å²) >= 11 is 0. The summed E-state index contributed by atoms with van der Waals surface area (Å²) in [5, 5.41) is 5.65. The van der Waals surface area contributed by atoms with Crippen molar-refractivity contribution in [1.82, 2.24) is 15.6 Å². The Morgan fingerprint density at radius 3 is 2.55 bits per heavy atom. The molecule has 6 nitrogen and oxygen atoms in total. The Morgan fingerprint density at radius 2 is 2.00 bits per heavy atom. The minimum atomic E-state index is -0.486. The van der Waals surface area contributed by atoms with Gasteiger partial charge in [0.15, 0.2) is 0 Å². The number of aryl methyl sites for hydroxylation is 1. The van der Waals surface area contributed by atoms with Crippen molar-refractivity contribution in [2.45, 2.75) is 59.1 Å². The van der Waals surface area contributed by atoms with E-state index in [2.05, 4.69) is 15.6 Å². The van der Waals surface area contributed by atoms with Gasteiger partial charge in [0.1, 0.15) is 5.60 Å². The standard InChI is InChI=1S/C16H27N3O3/c1-11-9-17-10-13(11)14(20)19-12(2)7-6-8-18-15(21)22-16(3,4)5/h9-10,12,17H,6-8H2,1-5H3,(H,18,21)(H,19,20)/t12-/m0/s1. The Balaban J connectivity index is 2.21. The number of H-pyrrole nitrogens is 1. The number of amides is 2. The van der Waals surface area contributed by atoms with Gasteiger partial charge in [-0.05, 0) is 53.0 Å². The molecule has 3 N–H and O–H groups in total. The maximum absolute atomic E-state index is 12.0. The fraction of sp³-hybridized carbons (Fsp3) is 0.625. The fourth-order valence-corrected chi connectivity index (χ4v) is 1.97. The number of rotatable bonds is 6. The quantitative estimate of drug-likeness (QED) is 0.707. The van der Waals surface area contributed by atoms with E-state index in [0.29, 0.717) is 12.1 Å². The predicted octanol–water partition coefficient (Wildman–Crippen LogP) is 2.75. The van der Waals surface area contributed by atoms with Crippen molar-refractivity contribution in [3.05, 3.63) is 23.5 Å². The van der Waals surface area contributed by atoms with Gasteiger partial charge in [-0.25, -0.2) is 4.79 Å². The third-order valence-corrected chi connectivity index (χ3v) is 3.06. The van der Waals surface area contributed by atoms with Crippen LogP contribution in [0.25, 0.3) is 0 Å². The average molecular weight is 309 g/mol. The number of alkyl carbamates (subject to hydrolysis) is 1. The first-order valence-corrected chi connectivity index (χ1v) is 7.60. The summed E-state index contributed by atoms with van der Waals surface area (Å²) in [6.07, 6.45) is 4.64. The molecule has 22 heavy (non-hydrogen) atoms. The number of hydrogen-bond donors (Lipinski definition) is 3. The highest BCUT2D eigenvalue weighted by molar-refractivity contribution is 5.95. The highest BCUT2D eigenvalue weighted by atomic mass is 16.6.